The normalized spacial score (nSPS) is 25.1. The van der Waals surface area contributed by atoms with E-state index >= 15 is 0 Å². The summed E-state index contributed by atoms with van der Waals surface area (Å²) in [6.45, 7) is 0.972. The number of carbonyl (C=O) groups excluding carboxylic acids is 1. The van der Waals surface area contributed by atoms with Crippen LogP contribution in [0.2, 0.25) is 0 Å². The van der Waals surface area contributed by atoms with Crippen molar-refractivity contribution in [1.29, 1.82) is 0 Å². The second-order valence-corrected chi connectivity index (χ2v) is 9.44. The third-order valence-corrected chi connectivity index (χ3v) is 8.78. The van der Waals surface area contributed by atoms with E-state index in [0.29, 0.717) is 0 Å². The van der Waals surface area contributed by atoms with Gasteiger partial charge in [0.2, 0.25) is 0 Å². The molecule has 0 atom stereocenters. The van der Waals surface area contributed by atoms with E-state index in [4.69, 9.17) is 9.90 Å². The number of rotatable bonds is 3. The van der Waals surface area contributed by atoms with Gasteiger partial charge in [0, 0.05) is 5.97 Å². The Morgan fingerprint density at radius 1 is 0.750 bits per heavy atom. The molecule has 0 radical (unpaired) electrons. The van der Waals surface area contributed by atoms with Gasteiger partial charge in [0.15, 0.2) is 0 Å². The summed E-state index contributed by atoms with van der Waals surface area (Å²) in [6, 6.07) is 0. The molecular formula is C17H30O2S. The first-order valence-electron chi connectivity index (χ1n) is 8.56. The molecule has 2 nitrogen and oxygen atoms in total. The van der Waals surface area contributed by atoms with Crippen molar-refractivity contribution in [2.24, 2.45) is 0 Å². The van der Waals surface area contributed by atoms with Gasteiger partial charge in [-0.2, -0.15) is 0 Å². The highest BCUT2D eigenvalue weighted by molar-refractivity contribution is 7.98. The Kier molecular flexibility index (Phi) is 6.73. The van der Waals surface area contributed by atoms with Crippen LogP contribution in [0.1, 0.15) is 84.0 Å². The van der Waals surface area contributed by atoms with E-state index in [1.165, 1.54) is 15.7 Å². The highest BCUT2D eigenvalue weighted by Crippen LogP contribution is 2.42. The maximum Gasteiger partial charge on any atom is 0.118 e. The van der Waals surface area contributed by atoms with Gasteiger partial charge < -0.3 is 9.90 Å². The predicted molar refractivity (Wildman–Crippen MR) is 84.8 cm³/mol. The number of carboxylic acids is 1. The monoisotopic (exact) mass is 298 g/mol. The third kappa shape index (κ3) is 4.68. The lowest BCUT2D eigenvalue weighted by molar-refractivity contribution is -0.302. The molecule has 0 amide bonds. The van der Waals surface area contributed by atoms with Crippen molar-refractivity contribution in [2.75, 3.05) is 0 Å². The van der Waals surface area contributed by atoms with Crippen molar-refractivity contribution in [3.8, 4) is 0 Å². The van der Waals surface area contributed by atoms with Crippen LogP contribution >= 0.6 is 0 Å². The molecule has 0 aliphatic heterocycles. The fraction of sp³-hybridized carbons (Fsp3) is 0.941. The van der Waals surface area contributed by atoms with Crippen LogP contribution in [0.5, 0.6) is 0 Å². The Morgan fingerprint density at radius 2 is 0.950 bits per heavy atom. The van der Waals surface area contributed by atoms with Crippen molar-refractivity contribution < 1.29 is 9.90 Å². The lowest BCUT2D eigenvalue weighted by Gasteiger charge is -2.25. The number of hydrogen-bond donors (Lipinski definition) is 0. The average Bonchev–Trinajstić information content (AvgIpc) is 3.13. The van der Waals surface area contributed by atoms with Crippen molar-refractivity contribution in [1.82, 2.24) is 0 Å². The minimum atomic E-state index is -1.08. The Balaban J connectivity index is 0.000000328. The molecular weight excluding hydrogens is 268 g/mol. The van der Waals surface area contributed by atoms with E-state index in [1.54, 1.807) is 77.0 Å². The van der Waals surface area contributed by atoms with Gasteiger partial charge in [-0.1, -0.05) is 0 Å². The molecule has 3 rings (SSSR count). The van der Waals surface area contributed by atoms with Crippen LogP contribution in [0.3, 0.4) is 0 Å². The van der Waals surface area contributed by atoms with Gasteiger partial charge in [-0.3, -0.25) is 0 Å². The molecule has 3 saturated carbocycles. The average molecular weight is 298 g/mol. The molecule has 0 N–H and O–H groups in total. The van der Waals surface area contributed by atoms with Crippen LogP contribution in [-0.2, 0) is 15.7 Å². The van der Waals surface area contributed by atoms with E-state index in [0.717, 1.165) is 17.8 Å². The summed E-state index contributed by atoms with van der Waals surface area (Å²) in [4.78, 5) is 8.89. The lowest BCUT2D eigenvalue weighted by atomic mass is 10.3. The summed E-state index contributed by atoms with van der Waals surface area (Å²) < 4.78 is 0. The van der Waals surface area contributed by atoms with Gasteiger partial charge >= 0.3 is 0 Å². The molecule has 3 fully saturated rings. The Labute approximate surface area is 127 Å². The first kappa shape index (κ1) is 16.2. The first-order valence-corrected chi connectivity index (χ1v) is 9.98. The molecule has 0 spiro atoms. The van der Waals surface area contributed by atoms with Gasteiger partial charge in [0.05, 0.1) is 0 Å². The Bertz CT molecular complexity index is 245. The molecule has 0 bridgehead atoms. The summed E-state index contributed by atoms with van der Waals surface area (Å²) in [5, 5.41) is 12.4. The maximum absolute atomic E-state index is 8.89. The van der Waals surface area contributed by atoms with E-state index < -0.39 is 5.97 Å². The molecule has 3 aliphatic rings. The zero-order valence-electron chi connectivity index (χ0n) is 12.9. The predicted octanol–water partition coefficient (Wildman–Crippen LogP) is 3.19. The molecule has 0 aromatic rings. The molecule has 0 aromatic carbocycles. The van der Waals surface area contributed by atoms with Gasteiger partial charge in [0.1, 0.15) is 15.7 Å². The molecule has 3 heteroatoms. The molecule has 0 saturated heterocycles. The largest absolute Gasteiger partial charge is 0.550 e. The van der Waals surface area contributed by atoms with Crippen LogP contribution in [0, 0.1) is 0 Å². The second-order valence-electron chi connectivity index (χ2n) is 6.62. The molecule has 0 aromatic heterocycles. The zero-order valence-corrected chi connectivity index (χ0v) is 13.8. The molecule has 20 heavy (non-hydrogen) atoms. The van der Waals surface area contributed by atoms with E-state index in [1.807, 2.05) is 0 Å². The van der Waals surface area contributed by atoms with Gasteiger partial charge in [-0.25, -0.2) is 0 Å². The minimum Gasteiger partial charge on any atom is -0.550 e. The topological polar surface area (TPSA) is 40.1 Å². The summed E-state index contributed by atoms with van der Waals surface area (Å²) in [6.07, 6.45) is 18.9. The van der Waals surface area contributed by atoms with E-state index in [2.05, 4.69) is 0 Å². The summed E-state index contributed by atoms with van der Waals surface area (Å²) in [5.74, 6) is -1.08. The standard InChI is InChI=1S/C15H27S.C2H4O2/c1-2-8-13(7-1)16(14-9-3-4-10-14)15-11-5-6-12-15;1-2(3)4/h13-15H,1-12H2;1H3,(H,3,4)/q+1;/p-1. The number of hydrogen-bond acceptors (Lipinski definition) is 2. The summed E-state index contributed by atoms with van der Waals surface area (Å²) in [5.41, 5.74) is 0. The zero-order chi connectivity index (χ0) is 14.4. The number of carboxylic acid groups (broad SMARTS) is 1. The highest BCUT2D eigenvalue weighted by atomic mass is 32.2. The van der Waals surface area contributed by atoms with Crippen LogP contribution < -0.4 is 5.11 Å². The van der Waals surface area contributed by atoms with Crippen LogP contribution in [-0.4, -0.2) is 21.7 Å². The molecule has 3 aliphatic carbocycles. The van der Waals surface area contributed by atoms with Crippen molar-refractivity contribution in [3.63, 3.8) is 0 Å². The van der Waals surface area contributed by atoms with Gasteiger partial charge in [-0.15, -0.1) is 0 Å². The fourth-order valence-electron chi connectivity index (χ4n) is 4.30. The van der Waals surface area contributed by atoms with Crippen molar-refractivity contribution in [2.45, 2.75) is 99.7 Å². The molecule has 0 heterocycles. The third-order valence-electron chi connectivity index (χ3n) is 5.06. The van der Waals surface area contributed by atoms with Crippen LogP contribution in [0.15, 0.2) is 0 Å². The number of aliphatic carboxylic acids is 1. The van der Waals surface area contributed by atoms with Crippen molar-refractivity contribution >= 4 is 16.9 Å². The molecule has 116 valence electrons. The number of carbonyl (C=O) groups is 1. The Hall–Kier alpha value is -0.180. The van der Waals surface area contributed by atoms with Gasteiger partial charge in [-0.05, 0) is 94.9 Å². The minimum absolute atomic E-state index is 0.850. The van der Waals surface area contributed by atoms with Gasteiger partial charge in [0.25, 0.3) is 0 Å². The summed E-state index contributed by atoms with van der Waals surface area (Å²) in [7, 11) is 0.850. The van der Waals surface area contributed by atoms with Crippen LogP contribution in [0.4, 0.5) is 0 Å². The highest BCUT2D eigenvalue weighted by Gasteiger charge is 2.46. The molecule has 0 unspecified atom stereocenters. The fourth-order valence-corrected chi connectivity index (χ4v) is 8.56. The lowest BCUT2D eigenvalue weighted by Crippen LogP contribution is -2.37. The maximum atomic E-state index is 8.89. The SMILES string of the molecule is C1CCC([S+](C2CCCC2)C2CCCC2)C1.CC(=O)[O-]. The smallest absolute Gasteiger partial charge is 0.118 e. The Morgan fingerprint density at radius 3 is 1.15 bits per heavy atom. The van der Waals surface area contributed by atoms with Crippen LogP contribution in [0.25, 0.3) is 0 Å². The first-order chi connectivity index (χ1) is 9.68. The quantitative estimate of drug-likeness (QED) is 0.751. The summed E-state index contributed by atoms with van der Waals surface area (Å²) >= 11 is 0. The van der Waals surface area contributed by atoms with Crippen molar-refractivity contribution in [3.05, 3.63) is 0 Å². The second kappa shape index (κ2) is 8.31. The van der Waals surface area contributed by atoms with E-state index in [9.17, 15) is 0 Å². The van der Waals surface area contributed by atoms with E-state index in [-0.39, 0.29) is 0 Å².